The van der Waals surface area contributed by atoms with Crippen molar-refractivity contribution in [2.45, 2.75) is 72.6 Å². The Bertz CT molecular complexity index is 3610. The average molecular weight is 1100 g/mol. The van der Waals surface area contributed by atoms with Crippen molar-refractivity contribution in [3.8, 4) is 89.7 Å². The fraction of sp³-hybridized carbons (Fsp3) is 0.169. The first-order valence-corrected chi connectivity index (χ1v) is 23.9. The zero-order valence-corrected chi connectivity index (χ0v) is 42.9. The number of para-hydroxylation sites is 1. The number of phenols is 1. The second-order valence-electron chi connectivity index (χ2n) is 19.7. The molecule has 0 aliphatic rings. The van der Waals surface area contributed by atoms with Crippen LogP contribution in [-0.4, -0.2) is 19.6 Å². The van der Waals surface area contributed by atoms with Crippen molar-refractivity contribution in [3.63, 3.8) is 0 Å². The number of aromatic nitrogens is 3. The molecule has 4 nitrogen and oxygen atoms in total. The minimum Gasteiger partial charge on any atom is -0.507 e. The van der Waals surface area contributed by atoms with Gasteiger partial charge in [-0.25, -0.2) is 4.98 Å². The van der Waals surface area contributed by atoms with Gasteiger partial charge in [-0.1, -0.05) is 205 Å². The van der Waals surface area contributed by atoms with Gasteiger partial charge in [-0.15, -0.1) is 23.8 Å². The van der Waals surface area contributed by atoms with Crippen LogP contribution in [0, 0.1) is 12.9 Å². The summed E-state index contributed by atoms with van der Waals surface area (Å²) >= 11 is 0. The van der Waals surface area contributed by atoms with Gasteiger partial charge in [0.15, 0.2) is 0 Å². The molecule has 0 aliphatic carbocycles. The summed E-state index contributed by atoms with van der Waals surface area (Å²) < 4.78 is 29.8. The van der Waals surface area contributed by atoms with Crippen LogP contribution >= 0.6 is 0 Å². The summed E-state index contributed by atoms with van der Waals surface area (Å²) in [5.41, 5.74) is 16.4. The van der Waals surface area contributed by atoms with E-state index in [-0.39, 0.29) is 49.6 Å². The van der Waals surface area contributed by atoms with Crippen molar-refractivity contribution in [2.75, 3.05) is 0 Å². The molecule has 5 heteroatoms. The zero-order chi connectivity index (χ0) is 50.5. The second kappa shape index (κ2) is 19.7. The number of hydrogen-bond donors (Lipinski definition) is 1. The number of fused-ring (bicyclic) bond motifs is 1. The van der Waals surface area contributed by atoms with Crippen molar-refractivity contribution < 1.29 is 30.3 Å². The molecular weight excluding hydrogens is 1030 g/mol. The van der Waals surface area contributed by atoms with Crippen molar-refractivity contribution >= 4 is 11.0 Å². The molecule has 70 heavy (non-hydrogen) atoms. The SMILES string of the molecule is [2H]C([2H])([2H])c1cc(-c2c(-c3ccccc3)cccc2C(C)(C)C)ccc1-n1c(-c2cc(C(C)C)cc(C(C)C)c2O)nc2c(-c3[c-]c(-c4cc(-c5ccccc5)ccn4)cc(-c4ccccc4)c3)cccc21.[Pt]. The number of phenolic OH excluding ortho intramolecular Hbond substituents is 1. The normalized spacial score (nSPS) is 12.4. The van der Waals surface area contributed by atoms with Gasteiger partial charge in [-0.3, -0.25) is 9.55 Å². The van der Waals surface area contributed by atoms with E-state index in [0.717, 1.165) is 83.6 Å². The van der Waals surface area contributed by atoms with Crippen molar-refractivity contribution in [2.24, 2.45) is 0 Å². The van der Waals surface area contributed by atoms with E-state index >= 15 is 0 Å². The Hall–Kier alpha value is -7.13. The topological polar surface area (TPSA) is 50.9 Å². The van der Waals surface area contributed by atoms with Gasteiger partial charge in [-0.05, 0) is 116 Å². The summed E-state index contributed by atoms with van der Waals surface area (Å²) in [6.07, 6.45) is 1.84. The number of benzene rings is 8. The van der Waals surface area contributed by atoms with E-state index in [9.17, 15) is 9.22 Å². The van der Waals surface area contributed by atoms with Gasteiger partial charge in [0.1, 0.15) is 11.6 Å². The molecule has 350 valence electrons. The molecule has 0 aliphatic heterocycles. The van der Waals surface area contributed by atoms with E-state index in [1.807, 2.05) is 114 Å². The Balaban J connectivity index is 0.00000656. The van der Waals surface area contributed by atoms with E-state index in [0.29, 0.717) is 28.1 Å². The smallest absolute Gasteiger partial charge is 0.148 e. The molecule has 0 radical (unpaired) electrons. The molecule has 2 heterocycles. The standard InChI is InChI=1S/C65H58N3O.Pt/c1-41(2)49-38-55(42(3)4)63(69)56(39-49)64-67-62-54(51-35-50(45-22-14-10-15-23-45)36-52(37-51)58-40-47(32-33-66-58)44-20-12-9-13-21-44)27-19-29-60(62)68(64)59-31-30-48(34-43(59)5)61-53(46-24-16-11-17-25-46)26-18-28-57(61)65(6,7)8;/h9-36,38-42,69H,1-8H3;/q-1;/i5D3;. The number of nitrogens with zero attached hydrogens (tertiary/aromatic N) is 3. The maximum Gasteiger partial charge on any atom is 0.148 e. The van der Waals surface area contributed by atoms with Gasteiger partial charge >= 0.3 is 0 Å². The molecule has 1 N–H and O–H groups in total. The van der Waals surface area contributed by atoms with E-state index in [1.165, 1.54) is 0 Å². The molecule has 0 fully saturated rings. The van der Waals surface area contributed by atoms with Gasteiger partial charge < -0.3 is 5.11 Å². The number of rotatable bonds is 10. The summed E-state index contributed by atoms with van der Waals surface area (Å²) in [5, 5.41) is 12.4. The zero-order valence-electron chi connectivity index (χ0n) is 43.7. The first-order chi connectivity index (χ1) is 34.5. The van der Waals surface area contributed by atoms with Crippen LogP contribution in [0.1, 0.15) is 86.7 Å². The van der Waals surface area contributed by atoms with Crippen molar-refractivity contribution in [1.82, 2.24) is 14.5 Å². The number of pyridine rings is 1. The minimum atomic E-state index is -2.56. The molecule has 0 spiro atoms. The van der Waals surface area contributed by atoms with Crippen LogP contribution in [-0.2, 0) is 26.5 Å². The quantitative estimate of drug-likeness (QED) is 0.139. The summed E-state index contributed by atoms with van der Waals surface area (Å²) in [5.74, 6) is 0.694. The molecule has 0 saturated carbocycles. The Labute approximate surface area is 432 Å². The monoisotopic (exact) mass is 1090 g/mol. The Kier molecular flexibility index (Phi) is 12.4. The van der Waals surface area contributed by atoms with Crippen LogP contribution < -0.4 is 0 Å². The molecule has 0 amide bonds. The predicted molar refractivity (Wildman–Crippen MR) is 289 cm³/mol. The van der Waals surface area contributed by atoms with Gasteiger partial charge in [0, 0.05) is 37.1 Å². The van der Waals surface area contributed by atoms with Crippen LogP contribution in [0.3, 0.4) is 0 Å². The second-order valence-corrected chi connectivity index (χ2v) is 19.7. The number of aromatic hydroxyl groups is 1. The maximum absolute atomic E-state index is 12.4. The fourth-order valence-corrected chi connectivity index (χ4v) is 9.64. The molecule has 2 aromatic heterocycles. The third-order valence-electron chi connectivity index (χ3n) is 13.3. The molecule has 0 saturated heterocycles. The van der Waals surface area contributed by atoms with Crippen LogP contribution in [0.5, 0.6) is 5.75 Å². The minimum absolute atomic E-state index is 0. The molecule has 0 bridgehead atoms. The fourth-order valence-electron chi connectivity index (χ4n) is 9.64. The van der Waals surface area contributed by atoms with E-state index in [2.05, 4.69) is 133 Å². The Morgan fingerprint density at radius 3 is 1.87 bits per heavy atom. The van der Waals surface area contributed by atoms with Crippen LogP contribution in [0.25, 0.3) is 95.0 Å². The van der Waals surface area contributed by atoms with Crippen molar-refractivity contribution in [1.29, 1.82) is 0 Å². The largest absolute Gasteiger partial charge is 0.507 e. The maximum atomic E-state index is 12.4. The number of aryl methyl sites for hydroxylation is 1. The Morgan fingerprint density at radius 2 is 1.21 bits per heavy atom. The van der Waals surface area contributed by atoms with Crippen molar-refractivity contribution in [3.05, 3.63) is 217 Å². The summed E-state index contributed by atoms with van der Waals surface area (Å²) in [6, 6.07) is 65.3. The molecular formula is C65H58N3OPt-. The molecule has 0 unspecified atom stereocenters. The molecule has 0 atom stereocenters. The third kappa shape index (κ3) is 9.21. The van der Waals surface area contributed by atoms with E-state index < -0.39 is 6.85 Å². The summed E-state index contributed by atoms with van der Waals surface area (Å²) in [6.45, 7) is 12.5. The van der Waals surface area contributed by atoms with Gasteiger partial charge in [0.25, 0.3) is 0 Å². The molecule has 10 rings (SSSR count). The van der Waals surface area contributed by atoms with Gasteiger partial charge in [0.05, 0.1) is 22.3 Å². The summed E-state index contributed by atoms with van der Waals surface area (Å²) in [7, 11) is 0. The number of hydrogen-bond acceptors (Lipinski definition) is 3. The number of imidazole rings is 1. The third-order valence-corrected chi connectivity index (χ3v) is 13.3. The van der Waals surface area contributed by atoms with Crippen LogP contribution in [0.15, 0.2) is 188 Å². The van der Waals surface area contributed by atoms with Crippen LogP contribution in [0.4, 0.5) is 0 Å². The van der Waals surface area contributed by atoms with Gasteiger partial charge in [0.2, 0.25) is 0 Å². The molecule has 10 aromatic rings. The summed E-state index contributed by atoms with van der Waals surface area (Å²) in [4.78, 5) is 10.4. The first-order valence-electron chi connectivity index (χ1n) is 25.4. The van der Waals surface area contributed by atoms with Crippen LogP contribution in [0.2, 0.25) is 0 Å². The predicted octanol–water partition coefficient (Wildman–Crippen LogP) is 17.4. The van der Waals surface area contributed by atoms with Gasteiger partial charge in [-0.2, -0.15) is 0 Å². The van der Waals surface area contributed by atoms with E-state index in [1.54, 1.807) is 0 Å². The Morgan fingerprint density at radius 1 is 0.571 bits per heavy atom. The average Bonchev–Trinajstić information content (AvgIpc) is 3.78. The first kappa shape index (κ1) is 44.1. The van der Waals surface area contributed by atoms with E-state index in [4.69, 9.17) is 9.97 Å². The molecule has 8 aromatic carbocycles.